The van der Waals surface area contributed by atoms with Crippen molar-refractivity contribution in [3.63, 3.8) is 0 Å². The van der Waals surface area contributed by atoms with E-state index < -0.39 is 0 Å². The number of aryl methyl sites for hydroxylation is 1. The topological polar surface area (TPSA) is 46.4 Å². The van der Waals surface area contributed by atoms with Crippen molar-refractivity contribution in [1.29, 1.82) is 0 Å². The number of benzene rings is 1. The van der Waals surface area contributed by atoms with Crippen LogP contribution in [0.15, 0.2) is 34.6 Å². The molecule has 1 aliphatic rings. The van der Waals surface area contributed by atoms with Crippen LogP contribution >= 0.6 is 23.7 Å². The molecule has 0 radical (unpaired) electrons. The van der Waals surface area contributed by atoms with E-state index in [1.54, 1.807) is 11.3 Å². The number of carbonyl (C=O) groups excluding carboxylic acids is 1. The van der Waals surface area contributed by atoms with Crippen molar-refractivity contribution in [2.75, 3.05) is 0 Å². The number of nitrogens with zero attached hydrogens (tertiary/aromatic N) is 2. The predicted molar refractivity (Wildman–Crippen MR) is 124 cm³/mol. The minimum atomic E-state index is 0. The third kappa shape index (κ3) is 7.31. The number of hydrogen-bond acceptors (Lipinski definition) is 3. The second kappa shape index (κ2) is 12.2. The molecule has 1 saturated carbocycles. The summed E-state index contributed by atoms with van der Waals surface area (Å²) in [6, 6.07) is 8.77. The molecule has 0 atom stereocenters. The molecule has 1 heterocycles. The van der Waals surface area contributed by atoms with E-state index in [1.165, 1.54) is 37.7 Å². The van der Waals surface area contributed by atoms with Crippen LogP contribution in [0.2, 0.25) is 0 Å². The van der Waals surface area contributed by atoms with Gasteiger partial charge in [0.2, 0.25) is 5.91 Å². The quantitative estimate of drug-likeness (QED) is 0.610. The Morgan fingerprint density at radius 3 is 2.62 bits per heavy atom. The lowest BCUT2D eigenvalue weighted by atomic mass is 9.96. The number of rotatable bonds is 8. The van der Waals surface area contributed by atoms with E-state index >= 15 is 0 Å². The fourth-order valence-corrected chi connectivity index (χ4v) is 4.66. The van der Waals surface area contributed by atoms with Crippen molar-refractivity contribution in [2.24, 2.45) is 4.99 Å². The van der Waals surface area contributed by atoms with Gasteiger partial charge in [-0.3, -0.25) is 9.79 Å². The number of unbranched alkanes of at least 4 members (excludes halogenated alkanes) is 1. The first-order chi connectivity index (χ1) is 13.7. The first-order valence-corrected chi connectivity index (χ1v) is 11.6. The van der Waals surface area contributed by atoms with Crippen LogP contribution in [0.4, 0.5) is 0 Å². The molecule has 29 heavy (non-hydrogen) atoms. The Hall–Kier alpha value is -1.59. The molecule has 0 unspecified atom stereocenters. The zero-order valence-corrected chi connectivity index (χ0v) is 19.3. The number of nitrogens with one attached hydrogen (secondary N) is 1. The Balaban J connectivity index is 0.00000300. The van der Waals surface area contributed by atoms with Gasteiger partial charge in [-0.1, -0.05) is 62.4 Å². The molecule has 0 bridgehead atoms. The maximum Gasteiger partial charge on any atom is 0.226 e. The summed E-state index contributed by atoms with van der Waals surface area (Å²) < 4.78 is 2.29. The normalized spacial score (nSPS) is 15.2. The lowest BCUT2D eigenvalue weighted by molar-refractivity contribution is -0.120. The first kappa shape index (κ1) is 23.7. The standard InChI is InChI=1S/C23H33N3OS.ClH/c1-3-4-14-26-21(17-28-23(26)25-20-8-6-5-7-9-20)15-22(27)24-16-19-12-10-18(2)11-13-19;/h10-13,17,20H,3-9,14-16H2,1-2H3,(H,24,27);1H. The zero-order chi connectivity index (χ0) is 19.8. The zero-order valence-electron chi connectivity index (χ0n) is 17.7. The highest BCUT2D eigenvalue weighted by Crippen LogP contribution is 2.20. The maximum atomic E-state index is 12.5. The van der Waals surface area contributed by atoms with Gasteiger partial charge in [-0.15, -0.1) is 23.7 Å². The van der Waals surface area contributed by atoms with Gasteiger partial charge in [0, 0.05) is 24.2 Å². The number of carbonyl (C=O) groups is 1. The van der Waals surface area contributed by atoms with E-state index in [0.717, 1.165) is 35.4 Å². The van der Waals surface area contributed by atoms with E-state index in [2.05, 4.69) is 53.4 Å². The monoisotopic (exact) mass is 435 g/mol. The van der Waals surface area contributed by atoms with E-state index in [1.807, 2.05) is 0 Å². The SMILES string of the molecule is CCCCn1c(CC(=O)NCc2ccc(C)cc2)csc1=NC1CCCCC1.Cl. The summed E-state index contributed by atoms with van der Waals surface area (Å²) in [5, 5.41) is 5.19. The molecular weight excluding hydrogens is 402 g/mol. The van der Waals surface area contributed by atoms with Gasteiger partial charge >= 0.3 is 0 Å². The van der Waals surface area contributed by atoms with Crippen LogP contribution in [-0.2, 0) is 24.3 Å². The fourth-order valence-electron chi connectivity index (χ4n) is 3.66. The van der Waals surface area contributed by atoms with Crippen LogP contribution in [0.1, 0.15) is 68.7 Å². The van der Waals surface area contributed by atoms with Gasteiger partial charge in [0.25, 0.3) is 0 Å². The molecule has 2 aromatic rings. The maximum absolute atomic E-state index is 12.5. The molecule has 4 nitrogen and oxygen atoms in total. The third-order valence-corrected chi connectivity index (χ3v) is 6.36. The van der Waals surface area contributed by atoms with Crippen molar-refractivity contribution in [3.05, 3.63) is 51.3 Å². The van der Waals surface area contributed by atoms with E-state index in [4.69, 9.17) is 4.99 Å². The Labute approximate surface area is 184 Å². The number of halogens is 1. The van der Waals surface area contributed by atoms with E-state index in [9.17, 15) is 4.79 Å². The summed E-state index contributed by atoms with van der Waals surface area (Å²) in [6.07, 6.45) is 9.03. The van der Waals surface area contributed by atoms with Crippen molar-refractivity contribution in [2.45, 2.75) is 84.3 Å². The molecule has 6 heteroatoms. The fraction of sp³-hybridized carbons (Fsp3) is 0.565. The van der Waals surface area contributed by atoms with E-state index in [0.29, 0.717) is 19.0 Å². The van der Waals surface area contributed by atoms with Crippen LogP contribution in [0.5, 0.6) is 0 Å². The van der Waals surface area contributed by atoms with Crippen LogP contribution < -0.4 is 10.1 Å². The van der Waals surface area contributed by atoms with Crippen LogP contribution in [0, 0.1) is 6.92 Å². The smallest absolute Gasteiger partial charge is 0.226 e. The Morgan fingerprint density at radius 1 is 1.21 bits per heavy atom. The first-order valence-electron chi connectivity index (χ1n) is 10.7. The molecule has 1 fully saturated rings. The number of hydrogen-bond donors (Lipinski definition) is 1. The summed E-state index contributed by atoms with van der Waals surface area (Å²) in [5.74, 6) is 0.0767. The minimum Gasteiger partial charge on any atom is -0.352 e. The van der Waals surface area contributed by atoms with Gasteiger partial charge in [-0.2, -0.15) is 0 Å². The number of aromatic nitrogens is 1. The Bertz CT molecular complexity index is 819. The molecule has 3 rings (SSSR count). The molecule has 0 aliphatic heterocycles. The third-order valence-electron chi connectivity index (χ3n) is 5.43. The van der Waals surface area contributed by atoms with Gasteiger partial charge in [0.15, 0.2) is 4.80 Å². The predicted octanol–water partition coefficient (Wildman–Crippen LogP) is 5.17. The Morgan fingerprint density at radius 2 is 1.93 bits per heavy atom. The lowest BCUT2D eigenvalue weighted by Crippen LogP contribution is -2.28. The molecule has 1 aliphatic carbocycles. The average Bonchev–Trinajstić information content (AvgIpc) is 3.07. The largest absolute Gasteiger partial charge is 0.352 e. The highest BCUT2D eigenvalue weighted by molar-refractivity contribution is 7.07. The molecule has 1 aromatic carbocycles. The molecule has 0 saturated heterocycles. The molecule has 1 aromatic heterocycles. The summed E-state index contributed by atoms with van der Waals surface area (Å²) in [5.41, 5.74) is 3.46. The van der Waals surface area contributed by atoms with Crippen LogP contribution in [-0.4, -0.2) is 16.5 Å². The van der Waals surface area contributed by atoms with Crippen LogP contribution in [0.25, 0.3) is 0 Å². The summed E-state index contributed by atoms with van der Waals surface area (Å²) >= 11 is 1.69. The summed E-state index contributed by atoms with van der Waals surface area (Å²) in [7, 11) is 0. The number of amides is 1. The summed E-state index contributed by atoms with van der Waals surface area (Å²) in [4.78, 5) is 18.7. The molecular formula is C23H34ClN3OS. The van der Waals surface area contributed by atoms with Gasteiger partial charge in [-0.25, -0.2) is 0 Å². The van der Waals surface area contributed by atoms with Gasteiger partial charge < -0.3 is 9.88 Å². The van der Waals surface area contributed by atoms with E-state index in [-0.39, 0.29) is 18.3 Å². The van der Waals surface area contributed by atoms with Crippen LogP contribution in [0.3, 0.4) is 0 Å². The summed E-state index contributed by atoms with van der Waals surface area (Å²) in [6.45, 7) is 5.81. The highest BCUT2D eigenvalue weighted by Gasteiger charge is 2.14. The molecule has 0 spiro atoms. The molecule has 1 N–H and O–H groups in total. The minimum absolute atomic E-state index is 0. The second-order valence-corrected chi connectivity index (χ2v) is 8.71. The molecule has 160 valence electrons. The highest BCUT2D eigenvalue weighted by atomic mass is 35.5. The number of thiazole rings is 1. The average molecular weight is 436 g/mol. The van der Waals surface area contributed by atoms with Gasteiger partial charge in [0.05, 0.1) is 12.5 Å². The van der Waals surface area contributed by atoms with Crippen molar-refractivity contribution < 1.29 is 4.79 Å². The Kier molecular flexibility index (Phi) is 9.95. The second-order valence-electron chi connectivity index (χ2n) is 7.87. The van der Waals surface area contributed by atoms with Crippen molar-refractivity contribution in [3.8, 4) is 0 Å². The van der Waals surface area contributed by atoms with Gasteiger partial charge in [-0.05, 0) is 31.7 Å². The van der Waals surface area contributed by atoms with Crippen molar-refractivity contribution in [1.82, 2.24) is 9.88 Å². The molecule has 1 amide bonds. The lowest BCUT2D eigenvalue weighted by Gasteiger charge is -2.17. The van der Waals surface area contributed by atoms with Crippen molar-refractivity contribution >= 4 is 29.7 Å². The van der Waals surface area contributed by atoms with Gasteiger partial charge in [0.1, 0.15) is 0 Å².